The Hall–Kier alpha value is 0.0938. The molecule has 0 aliphatic carbocycles. The van der Waals surface area contributed by atoms with Crippen molar-refractivity contribution in [1.29, 1.82) is 0 Å². The van der Waals surface area contributed by atoms with Crippen molar-refractivity contribution < 1.29 is 46.1 Å². The third kappa shape index (κ3) is 10.3. The summed E-state index contributed by atoms with van der Waals surface area (Å²) < 4.78 is 63.1. The summed E-state index contributed by atoms with van der Waals surface area (Å²) in [5, 5.41) is 10.1. The van der Waals surface area contributed by atoms with Crippen LogP contribution in [0.4, 0.5) is 0 Å². The molecule has 0 amide bonds. The first-order valence-corrected chi connectivity index (χ1v) is 24.8. The van der Waals surface area contributed by atoms with Crippen molar-refractivity contribution >= 4 is 38.5 Å². The number of aliphatic hydroxyl groups excluding tert-OH is 1. The SMILES string of the molecule is [C-]#[N+]CCOP(=C)(OC[C@H]1O[C@@H](C)[C@@H](O[Si](C)(C)C(C)(C)C)C1O[PH](C)=O)OC1[C@@H](CO)O[C@@H](C)[C@H]1O[Si](C)(C)C(C)(C)C. The Bertz CT molecular complexity index is 1060. The summed E-state index contributed by atoms with van der Waals surface area (Å²) in [5.41, 5.74) is 0. The second-order valence-electron chi connectivity index (χ2n) is 14.9. The van der Waals surface area contributed by atoms with Crippen molar-refractivity contribution in [2.75, 3.05) is 33.0 Å². The minimum absolute atomic E-state index is 0.0303. The molecule has 44 heavy (non-hydrogen) atoms. The van der Waals surface area contributed by atoms with Gasteiger partial charge in [-0.1, -0.05) is 41.5 Å². The molecule has 2 aliphatic rings. The first-order valence-electron chi connectivity index (χ1n) is 15.5. The molecule has 2 fully saturated rings. The lowest BCUT2D eigenvalue weighted by molar-refractivity contribution is -0.0292. The zero-order valence-corrected chi connectivity index (χ0v) is 33.1. The molecule has 2 rings (SSSR count). The monoisotopic (exact) mass is 699 g/mol. The zero-order valence-electron chi connectivity index (χ0n) is 29.2. The lowest BCUT2D eigenvalue weighted by Crippen LogP contribution is -2.50. The van der Waals surface area contributed by atoms with Crippen molar-refractivity contribution in [2.24, 2.45) is 0 Å². The van der Waals surface area contributed by atoms with E-state index in [0.717, 1.165) is 0 Å². The van der Waals surface area contributed by atoms with Crippen LogP contribution in [0, 0.1) is 6.57 Å². The second kappa shape index (κ2) is 15.5. The standard InChI is InChI=1S/C29H59NO10P2Si2/c1-20-24(39-43(12,13)28(3,4)5)26(37-41(10)32)23(36-20)19-34-42(11,33-17-16-30-9)38-27-22(18-31)35-21(2)25(27)40-44(14,15)29(6,7)8/h20-27,31,41H,11,16-19H2,1-8,10,12-15H3/t20-,21-,22+,23+,24+,25+,26?,27?,42?/m0/s1. The smallest absolute Gasteiger partial charge is 0.251 e. The average Bonchev–Trinajstić information content (AvgIpc) is 3.31. The molecular formula is C29H59NO10P2Si2. The zero-order chi connectivity index (χ0) is 33.9. The number of hydrogen-bond acceptors (Lipinski definition) is 10. The third-order valence-electron chi connectivity index (χ3n) is 9.25. The lowest BCUT2D eigenvalue weighted by atomic mass is 10.1. The van der Waals surface area contributed by atoms with Crippen LogP contribution >= 0.6 is 15.6 Å². The molecule has 1 N–H and O–H groups in total. The molecule has 0 aromatic carbocycles. The van der Waals surface area contributed by atoms with Gasteiger partial charge in [-0.15, -0.1) is 0 Å². The van der Waals surface area contributed by atoms with Gasteiger partial charge in [-0.05, 0) is 56.4 Å². The fourth-order valence-electron chi connectivity index (χ4n) is 4.62. The predicted octanol–water partition coefficient (Wildman–Crippen LogP) is 6.36. The van der Waals surface area contributed by atoms with E-state index in [1.54, 1.807) is 6.66 Å². The Balaban J connectivity index is 2.35. The van der Waals surface area contributed by atoms with E-state index in [9.17, 15) is 9.67 Å². The van der Waals surface area contributed by atoms with Gasteiger partial charge in [0.25, 0.3) is 7.57 Å². The summed E-state index contributed by atoms with van der Waals surface area (Å²) in [6.07, 6.45) is -0.0502. The molecule has 2 saturated heterocycles. The van der Waals surface area contributed by atoms with E-state index in [-0.39, 0.29) is 48.6 Å². The van der Waals surface area contributed by atoms with Gasteiger partial charge < -0.3 is 46.4 Å². The molecule has 0 bridgehead atoms. The fraction of sp³-hybridized carbons (Fsp3) is 0.931. The molecular weight excluding hydrogens is 640 g/mol. The Kier molecular flexibility index (Phi) is 14.2. The van der Waals surface area contributed by atoms with Crippen LogP contribution in [0.5, 0.6) is 0 Å². The molecule has 0 aromatic rings. The summed E-state index contributed by atoms with van der Waals surface area (Å²) in [7, 11) is -10.2. The molecule has 0 spiro atoms. The van der Waals surface area contributed by atoms with Crippen molar-refractivity contribution in [3.8, 4) is 0 Å². The van der Waals surface area contributed by atoms with Crippen LogP contribution in [0.15, 0.2) is 0 Å². The molecule has 258 valence electrons. The largest absolute Gasteiger partial charge is 0.409 e. The number of ether oxygens (including phenoxy) is 2. The van der Waals surface area contributed by atoms with Crippen molar-refractivity contribution in [2.45, 2.75) is 140 Å². The van der Waals surface area contributed by atoms with Gasteiger partial charge in [0.2, 0.25) is 6.54 Å². The van der Waals surface area contributed by atoms with Crippen LogP contribution in [-0.4, -0.2) is 110 Å². The van der Waals surface area contributed by atoms with E-state index in [1.807, 2.05) is 13.8 Å². The van der Waals surface area contributed by atoms with Crippen LogP contribution in [0.1, 0.15) is 55.4 Å². The molecule has 2 heterocycles. The topological polar surface area (TPSA) is 116 Å². The van der Waals surface area contributed by atoms with Gasteiger partial charge in [0.1, 0.15) is 43.2 Å². The number of rotatable bonds is 15. The highest BCUT2D eigenvalue weighted by atomic mass is 31.2. The first-order chi connectivity index (χ1) is 20.0. The summed E-state index contributed by atoms with van der Waals surface area (Å²) >= 11 is 0. The third-order valence-corrected chi connectivity index (χ3v) is 20.5. The first kappa shape index (κ1) is 40.3. The maximum absolute atomic E-state index is 12.4. The van der Waals surface area contributed by atoms with E-state index in [4.69, 9.17) is 43.0 Å². The molecule has 10 atom stereocenters. The normalized spacial score (nSPS) is 32.4. The fourth-order valence-corrected chi connectivity index (χ4v) is 9.56. The average molecular weight is 700 g/mol. The maximum Gasteiger partial charge on any atom is 0.251 e. The summed E-state index contributed by atoms with van der Waals surface area (Å²) in [5.74, 6) is 0. The highest BCUT2D eigenvalue weighted by Gasteiger charge is 2.52. The van der Waals surface area contributed by atoms with E-state index in [0.29, 0.717) is 0 Å². The van der Waals surface area contributed by atoms with Gasteiger partial charge in [-0.2, -0.15) is 0 Å². The van der Waals surface area contributed by atoms with Crippen LogP contribution in [0.3, 0.4) is 0 Å². The van der Waals surface area contributed by atoms with Crippen molar-refractivity contribution in [1.82, 2.24) is 0 Å². The Labute approximate surface area is 269 Å². The van der Waals surface area contributed by atoms with Gasteiger partial charge in [-0.25, -0.2) is 6.57 Å². The molecule has 0 saturated carbocycles. The summed E-state index contributed by atoms with van der Waals surface area (Å²) in [4.78, 5) is 3.39. The number of aliphatic hydroxyl groups is 1. The minimum Gasteiger partial charge on any atom is -0.409 e. The Morgan fingerprint density at radius 3 is 1.80 bits per heavy atom. The van der Waals surface area contributed by atoms with Crippen LogP contribution < -0.4 is 0 Å². The lowest BCUT2D eigenvalue weighted by Gasteiger charge is -2.41. The minimum atomic E-state index is -3.38. The maximum atomic E-state index is 12.4. The van der Waals surface area contributed by atoms with E-state index >= 15 is 0 Å². The Morgan fingerprint density at radius 1 is 0.886 bits per heavy atom. The molecule has 0 radical (unpaired) electrons. The van der Waals surface area contributed by atoms with Crippen molar-refractivity contribution in [3.05, 3.63) is 11.4 Å². The van der Waals surface area contributed by atoms with E-state index < -0.39 is 68.9 Å². The van der Waals surface area contributed by atoms with Crippen LogP contribution in [0.2, 0.25) is 36.3 Å². The van der Waals surface area contributed by atoms with Crippen LogP contribution in [0.25, 0.3) is 4.85 Å². The van der Waals surface area contributed by atoms with Crippen molar-refractivity contribution in [3.63, 3.8) is 0 Å². The number of nitrogens with zero attached hydrogens (tertiary/aromatic N) is 1. The number of hydrogen-bond donors (Lipinski definition) is 1. The molecule has 4 unspecified atom stereocenters. The quantitative estimate of drug-likeness (QED) is 0.0897. The summed E-state index contributed by atoms with van der Waals surface area (Å²) in [6.45, 7) is 34.0. The summed E-state index contributed by atoms with van der Waals surface area (Å²) in [6, 6.07) is 0. The van der Waals surface area contributed by atoms with E-state index in [1.165, 1.54) is 0 Å². The molecule has 15 heteroatoms. The van der Waals surface area contributed by atoms with E-state index in [2.05, 4.69) is 78.9 Å². The Morgan fingerprint density at radius 2 is 1.36 bits per heavy atom. The van der Waals surface area contributed by atoms with Gasteiger partial charge in [0.05, 0.1) is 25.4 Å². The molecule has 11 nitrogen and oxygen atoms in total. The molecule has 2 aliphatic heterocycles. The van der Waals surface area contributed by atoms with Gasteiger partial charge in [0, 0.05) is 6.66 Å². The highest BCUT2D eigenvalue weighted by molar-refractivity contribution is 7.59. The van der Waals surface area contributed by atoms with Gasteiger partial charge in [-0.3, -0.25) is 4.57 Å². The van der Waals surface area contributed by atoms with Gasteiger partial charge >= 0.3 is 0 Å². The second-order valence-corrected chi connectivity index (χ2v) is 27.6. The predicted molar refractivity (Wildman–Crippen MR) is 182 cm³/mol. The highest BCUT2D eigenvalue weighted by Crippen LogP contribution is 2.54. The van der Waals surface area contributed by atoms with Crippen LogP contribution in [-0.2, 0) is 41.0 Å². The van der Waals surface area contributed by atoms with Gasteiger partial charge in [0.15, 0.2) is 24.7 Å². The molecule has 0 aromatic heterocycles.